The quantitative estimate of drug-likeness (QED) is 0.796. The zero-order valence-corrected chi connectivity index (χ0v) is 9.02. The van der Waals surface area contributed by atoms with E-state index in [0.29, 0.717) is 5.92 Å². The summed E-state index contributed by atoms with van der Waals surface area (Å²) in [5.74, 6) is 2.86. The molecule has 1 saturated carbocycles. The summed E-state index contributed by atoms with van der Waals surface area (Å²) < 4.78 is 2.27. The molecule has 2 N–H and O–H groups in total. The molecular weight excluding hydrogens is 188 g/mol. The Morgan fingerprint density at radius 1 is 1.20 bits per heavy atom. The predicted octanol–water partition coefficient (Wildman–Crippen LogP) is 1.41. The maximum Gasteiger partial charge on any atom is 0.150 e. The first kappa shape index (κ1) is 9.33. The zero-order valence-electron chi connectivity index (χ0n) is 9.02. The van der Waals surface area contributed by atoms with Crippen molar-refractivity contribution in [3.8, 4) is 0 Å². The van der Waals surface area contributed by atoms with Gasteiger partial charge in [-0.1, -0.05) is 6.42 Å². The van der Waals surface area contributed by atoms with E-state index in [-0.39, 0.29) is 6.04 Å². The van der Waals surface area contributed by atoms with E-state index in [4.69, 9.17) is 5.73 Å². The van der Waals surface area contributed by atoms with Gasteiger partial charge in [-0.05, 0) is 31.6 Å². The normalized spacial score (nSPS) is 23.3. The molecule has 0 radical (unpaired) electrons. The van der Waals surface area contributed by atoms with Crippen LogP contribution in [0.4, 0.5) is 0 Å². The average molecular weight is 206 g/mol. The number of nitrogens with two attached hydrogens (primary N) is 1. The minimum absolute atomic E-state index is 0.129. The topological polar surface area (TPSA) is 56.7 Å². The second-order valence-electron chi connectivity index (χ2n) is 4.80. The van der Waals surface area contributed by atoms with Crippen LogP contribution in [-0.2, 0) is 13.0 Å². The van der Waals surface area contributed by atoms with E-state index in [1.165, 1.54) is 32.1 Å². The van der Waals surface area contributed by atoms with Gasteiger partial charge < -0.3 is 10.3 Å². The molecule has 0 saturated heterocycles. The van der Waals surface area contributed by atoms with Gasteiger partial charge in [0.1, 0.15) is 11.6 Å². The molecule has 0 amide bonds. The monoisotopic (exact) mass is 206 g/mol. The third-order valence-corrected chi connectivity index (χ3v) is 3.57. The minimum Gasteiger partial charge on any atom is -0.321 e. The van der Waals surface area contributed by atoms with Crippen LogP contribution in [0.3, 0.4) is 0 Å². The van der Waals surface area contributed by atoms with Gasteiger partial charge in [0.2, 0.25) is 0 Å². The lowest BCUT2D eigenvalue weighted by Gasteiger charge is -2.12. The van der Waals surface area contributed by atoms with E-state index in [1.807, 2.05) is 0 Å². The highest BCUT2D eigenvalue weighted by atomic mass is 15.3. The first-order chi connectivity index (χ1) is 7.36. The molecule has 0 bridgehead atoms. The third kappa shape index (κ3) is 1.67. The summed E-state index contributed by atoms with van der Waals surface area (Å²) in [5.41, 5.74) is 6.20. The largest absolute Gasteiger partial charge is 0.321 e. The van der Waals surface area contributed by atoms with E-state index in [9.17, 15) is 0 Å². The van der Waals surface area contributed by atoms with E-state index < -0.39 is 0 Å². The second kappa shape index (κ2) is 3.59. The summed E-state index contributed by atoms with van der Waals surface area (Å²) in [6.07, 6.45) is 7.41. The summed E-state index contributed by atoms with van der Waals surface area (Å²) in [5, 5.41) is 8.57. The second-order valence-corrected chi connectivity index (χ2v) is 4.80. The van der Waals surface area contributed by atoms with Gasteiger partial charge in [-0.2, -0.15) is 0 Å². The van der Waals surface area contributed by atoms with Crippen LogP contribution < -0.4 is 5.73 Å². The van der Waals surface area contributed by atoms with Gasteiger partial charge in [-0.25, -0.2) is 0 Å². The van der Waals surface area contributed by atoms with Gasteiger partial charge >= 0.3 is 0 Å². The molecule has 2 heterocycles. The molecule has 1 aliphatic carbocycles. The maximum atomic E-state index is 6.20. The molecule has 3 rings (SSSR count). The summed E-state index contributed by atoms with van der Waals surface area (Å²) >= 11 is 0. The highest BCUT2D eigenvalue weighted by Crippen LogP contribution is 2.39. The van der Waals surface area contributed by atoms with Crippen molar-refractivity contribution in [3.05, 3.63) is 11.6 Å². The van der Waals surface area contributed by atoms with Crippen LogP contribution >= 0.6 is 0 Å². The fourth-order valence-corrected chi connectivity index (χ4v) is 2.42. The Morgan fingerprint density at radius 3 is 2.87 bits per heavy atom. The molecule has 1 aromatic heterocycles. The Balaban J connectivity index is 1.90. The first-order valence-corrected chi connectivity index (χ1v) is 6.04. The predicted molar refractivity (Wildman–Crippen MR) is 57.2 cm³/mol. The van der Waals surface area contributed by atoms with Gasteiger partial charge in [0, 0.05) is 13.0 Å². The third-order valence-electron chi connectivity index (χ3n) is 3.57. The molecule has 1 fully saturated rings. The summed E-state index contributed by atoms with van der Waals surface area (Å²) in [7, 11) is 0. The van der Waals surface area contributed by atoms with Crippen LogP contribution in [0.25, 0.3) is 0 Å². The van der Waals surface area contributed by atoms with E-state index in [0.717, 1.165) is 24.6 Å². The van der Waals surface area contributed by atoms with Crippen LogP contribution in [-0.4, -0.2) is 14.8 Å². The maximum absolute atomic E-state index is 6.20. The molecule has 1 aliphatic heterocycles. The molecular formula is C11H18N4. The van der Waals surface area contributed by atoms with Gasteiger partial charge in [0.05, 0.1) is 6.04 Å². The van der Waals surface area contributed by atoms with Gasteiger partial charge in [0.25, 0.3) is 0 Å². The molecule has 1 unspecified atom stereocenters. The van der Waals surface area contributed by atoms with Crippen molar-refractivity contribution in [2.45, 2.75) is 51.1 Å². The molecule has 15 heavy (non-hydrogen) atoms. The standard InChI is InChI=1S/C11H18N4/c12-10(8-5-6-8)11-14-13-9-4-2-1-3-7-15(9)11/h8,10H,1-7,12H2. The molecule has 4 nitrogen and oxygen atoms in total. The lowest BCUT2D eigenvalue weighted by molar-refractivity contribution is 0.526. The van der Waals surface area contributed by atoms with E-state index in [1.54, 1.807) is 0 Å². The van der Waals surface area contributed by atoms with Crippen molar-refractivity contribution in [3.63, 3.8) is 0 Å². The lowest BCUT2D eigenvalue weighted by Crippen LogP contribution is -2.19. The van der Waals surface area contributed by atoms with Crippen molar-refractivity contribution in [1.29, 1.82) is 0 Å². The van der Waals surface area contributed by atoms with Crippen LogP contribution in [0.1, 0.15) is 49.8 Å². The molecule has 0 spiro atoms. The number of hydrogen-bond donors (Lipinski definition) is 1. The number of rotatable bonds is 2. The smallest absolute Gasteiger partial charge is 0.150 e. The number of fused-ring (bicyclic) bond motifs is 1. The van der Waals surface area contributed by atoms with Crippen molar-refractivity contribution >= 4 is 0 Å². The molecule has 2 aliphatic rings. The highest BCUT2D eigenvalue weighted by Gasteiger charge is 2.33. The lowest BCUT2D eigenvalue weighted by atomic mass is 10.2. The number of nitrogens with zero attached hydrogens (tertiary/aromatic N) is 3. The molecule has 0 aromatic carbocycles. The Bertz CT molecular complexity index is 353. The SMILES string of the molecule is NC(c1nnc2n1CCCCC2)C1CC1. The Labute approximate surface area is 89.9 Å². The molecule has 1 aromatic rings. The molecule has 1 atom stereocenters. The van der Waals surface area contributed by atoms with Gasteiger partial charge in [-0.15, -0.1) is 10.2 Å². The van der Waals surface area contributed by atoms with Crippen molar-refractivity contribution < 1.29 is 0 Å². The zero-order chi connectivity index (χ0) is 10.3. The summed E-state index contributed by atoms with van der Waals surface area (Å²) in [6, 6.07) is 0.129. The summed E-state index contributed by atoms with van der Waals surface area (Å²) in [6.45, 7) is 1.07. The van der Waals surface area contributed by atoms with Crippen molar-refractivity contribution in [1.82, 2.24) is 14.8 Å². The molecule has 82 valence electrons. The van der Waals surface area contributed by atoms with Gasteiger partial charge in [0.15, 0.2) is 0 Å². The highest BCUT2D eigenvalue weighted by molar-refractivity contribution is 5.06. The van der Waals surface area contributed by atoms with E-state index in [2.05, 4.69) is 14.8 Å². The Morgan fingerprint density at radius 2 is 2.07 bits per heavy atom. The fourth-order valence-electron chi connectivity index (χ4n) is 2.42. The number of hydrogen-bond acceptors (Lipinski definition) is 3. The Kier molecular flexibility index (Phi) is 2.24. The number of aryl methyl sites for hydroxylation is 1. The minimum atomic E-state index is 0.129. The van der Waals surface area contributed by atoms with Gasteiger partial charge in [-0.3, -0.25) is 0 Å². The van der Waals surface area contributed by atoms with Crippen LogP contribution in [0.5, 0.6) is 0 Å². The number of aromatic nitrogens is 3. The van der Waals surface area contributed by atoms with Crippen LogP contribution in [0.15, 0.2) is 0 Å². The average Bonchev–Trinajstić information content (AvgIpc) is 3.03. The first-order valence-electron chi connectivity index (χ1n) is 6.04. The molecule has 4 heteroatoms. The van der Waals surface area contributed by atoms with Crippen LogP contribution in [0, 0.1) is 5.92 Å². The fraction of sp³-hybridized carbons (Fsp3) is 0.818. The van der Waals surface area contributed by atoms with E-state index >= 15 is 0 Å². The summed E-state index contributed by atoms with van der Waals surface area (Å²) in [4.78, 5) is 0. The Hall–Kier alpha value is -0.900. The van der Waals surface area contributed by atoms with Crippen LogP contribution in [0.2, 0.25) is 0 Å². The van der Waals surface area contributed by atoms with Crippen molar-refractivity contribution in [2.24, 2.45) is 11.7 Å². The van der Waals surface area contributed by atoms with Crippen molar-refractivity contribution in [2.75, 3.05) is 0 Å².